The Labute approximate surface area is 66.1 Å². The Balaban J connectivity index is 4.78. The maximum atomic E-state index is 10.4. The summed E-state index contributed by atoms with van der Waals surface area (Å²) in [5.74, 6) is -2.95. The lowest BCUT2D eigenvalue weighted by molar-refractivity contribution is -0.147. The van der Waals surface area contributed by atoms with Gasteiger partial charge < -0.3 is 5.73 Å². The highest BCUT2D eigenvalue weighted by Gasteiger charge is 2.25. The molecular weight excluding hydrogens is 168 g/mol. The van der Waals surface area contributed by atoms with Gasteiger partial charge in [-0.2, -0.15) is 4.90 Å². The fourth-order valence-electron chi connectivity index (χ4n) is 0.431. The predicted octanol–water partition coefficient (Wildman–Crippen LogP) is -2.18. The number of nitrogens with two attached hydrogens (primary N) is 1. The molecule has 0 spiro atoms. The van der Waals surface area contributed by atoms with E-state index in [4.69, 9.17) is 0 Å². The van der Waals surface area contributed by atoms with E-state index in [1.807, 2.05) is 0 Å². The van der Waals surface area contributed by atoms with Crippen molar-refractivity contribution in [2.24, 2.45) is 5.73 Å². The van der Waals surface area contributed by atoms with E-state index in [2.05, 4.69) is 5.73 Å². The highest BCUT2D eigenvalue weighted by Crippen LogP contribution is 1.86. The Hall–Kier alpha value is -2.05. The van der Waals surface area contributed by atoms with Gasteiger partial charge >= 0.3 is 17.8 Å². The van der Waals surface area contributed by atoms with Gasteiger partial charge in [-0.1, -0.05) is 0 Å². The Morgan fingerprint density at radius 3 is 1.50 bits per heavy atom. The molecule has 0 aromatic heterocycles. The van der Waals surface area contributed by atoms with Crippen molar-refractivity contribution in [3.63, 3.8) is 0 Å². The van der Waals surface area contributed by atoms with Gasteiger partial charge in [0.2, 0.25) is 12.6 Å². The second-order valence-electron chi connectivity index (χ2n) is 1.59. The van der Waals surface area contributed by atoms with Crippen LogP contribution in [0.1, 0.15) is 0 Å². The Morgan fingerprint density at radius 1 is 1.00 bits per heavy atom. The Kier molecular flexibility index (Phi) is 3.28. The molecule has 0 aromatic carbocycles. The van der Waals surface area contributed by atoms with Gasteiger partial charge in [-0.25, -0.2) is 4.79 Å². The lowest BCUT2D eigenvalue weighted by Gasteiger charge is -2.08. The number of nitrogens with zero attached hydrogens (tertiary/aromatic N) is 1. The molecule has 0 aromatic rings. The number of amides is 4. The molecule has 64 valence electrons. The molecule has 0 aliphatic carbocycles. The molecule has 0 aliphatic rings. The monoisotopic (exact) mass is 172 g/mol. The van der Waals surface area contributed by atoms with Gasteiger partial charge in [0.15, 0.2) is 0 Å². The zero-order valence-electron chi connectivity index (χ0n) is 5.72. The van der Waals surface area contributed by atoms with Crippen LogP contribution in [0.5, 0.6) is 0 Å². The quantitative estimate of drug-likeness (QED) is 0.375. The standard InChI is InChI=1S/C5H4N2O5/c6-5(12)7(3(10)1-8)4(11)2-9/h1-2H,(H2,6,12). The molecule has 0 bridgehead atoms. The lowest BCUT2D eigenvalue weighted by Crippen LogP contribution is -2.46. The van der Waals surface area contributed by atoms with Crippen molar-refractivity contribution in [1.29, 1.82) is 0 Å². The molecule has 0 aliphatic heterocycles. The minimum atomic E-state index is -1.47. The summed E-state index contributed by atoms with van der Waals surface area (Å²) < 4.78 is 0. The van der Waals surface area contributed by atoms with E-state index < -0.39 is 17.8 Å². The van der Waals surface area contributed by atoms with E-state index in [0.29, 0.717) is 0 Å². The number of carbonyl (C=O) groups excluding carboxylic acids is 5. The van der Waals surface area contributed by atoms with Crippen LogP contribution >= 0.6 is 0 Å². The average molecular weight is 172 g/mol. The molecule has 0 atom stereocenters. The molecule has 0 saturated heterocycles. The fraction of sp³-hybridized carbons (Fsp3) is 0. The summed E-state index contributed by atoms with van der Waals surface area (Å²) in [6.45, 7) is 0. The first-order valence-corrected chi connectivity index (χ1v) is 2.62. The second-order valence-corrected chi connectivity index (χ2v) is 1.59. The Bertz CT molecular complexity index is 239. The maximum Gasteiger partial charge on any atom is 0.329 e. The molecule has 7 heteroatoms. The maximum absolute atomic E-state index is 10.4. The van der Waals surface area contributed by atoms with Crippen LogP contribution in [0.15, 0.2) is 0 Å². The molecule has 0 radical (unpaired) electrons. The summed E-state index contributed by atoms with van der Waals surface area (Å²) in [6, 6.07) is -1.47. The number of primary amides is 1. The third-order valence-electron chi connectivity index (χ3n) is 0.863. The summed E-state index contributed by atoms with van der Waals surface area (Å²) >= 11 is 0. The molecule has 7 nitrogen and oxygen atoms in total. The minimum absolute atomic E-state index is 0.264. The summed E-state index contributed by atoms with van der Waals surface area (Å²) in [4.78, 5) is 50.5. The fourth-order valence-corrected chi connectivity index (χ4v) is 0.431. The van der Waals surface area contributed by atoms with Crippen molar-refractivity contribution in [3.8, 4) is 0 Å². The van der Waals surface area contributed by atoms with Crippen LogP contribution in [-0.4, -0.2) is 35.3 Å². The first-order valence-electron chi connectivity index (χ1n) is 2.62. The van der Waals surface area contributed by atoms with E-state index in [1.165, 1.54) is 0 Å². The SMILES string of the molecule is NC(=O)N(C(=O)C=O)C(=O)C=O. The number of carbonyl (C=O) groups is 5. The van der Waals surface area contributed by atoms with E-state index in [1.54, 1.807) is 0 Å². The van der Waals surface area contributed by atoms with Gasteiger partial charge in [0.1, 0.15) is 0 Å². The third-order valence-corrected chi connectivity index (χ3v) is 0.863. The van der Waals surface area contributed by atoms with Crippen LogP contribution in [0.4, 0.5) is 4.79 Å². The molecule has 0 fully saturated rings. The highest BCUT2D eigenvalue weighted by molar-refractivity contribution is 6.40. The molecule has 0 unspecified atom stereocenters. The first kappa shape index (κ1) is 9.95. The molecule has 0 rings (SSSR count). The molecular formula is C5H4N2O5. The predicted molar refractivity (Wildman–Crippen MR) is 33.6 cm³/mol. The van der Waals surface area contributed by atoms with Gasteiger partial charge in [0, 0.05) is 0 Å². The number of imide groups is 3. The first-order chi connectivity index (χ1) is 5.54. The van der Waals surface area contributed by atoms with Crippen LogP contribution in [0.2, 0.25) is 0 Å². The summed E-state index contributed by atoms with van der Waals surface area (Å²) in [7, 11) is 0. The van der Waals surface area contributed by atoms with Crippen LogP contribution in [0.3, 0.4) is 0 Å². The lowest BCUT2D eigenvalue weighted by atomic mass is 10.5. The van der Waals surface area contributed by atoms with Gasteiger partial charge in [-0.3, -0.25) is 19.2 Å². The molecule has 4 amide bonds. The van der Waals surface area contributed by atoms with E-state index in [-0.39, 0.29) is 17.5 Å². The Morgan fingerprint density at radius 2 is 1.33 bits per heavy atom. The molecule has 0 heterocycles. The van der Waals surface area contributed by atoms with Gasteiger partial charge in [-0.05, 0) is 0 Å². The summed E-state index contributed by atoms with van der Waals surface area (Å²) in [5, 5.41) is 0. The number of hydrogen-bond donors (Lipinski definition) is 1. The number of rotatable bonds is 2. The zero-order chi connectivity index (χ0) is 9.72. The smallest absolute Gasteiger partial charge is 0.329 e. The van der Waals surface area contributed by atoms with Crippen LogP contribution in [0, 0.1) is 0 Å². The van der Waals surface area contributed by atoms with Gasteiger partial charge in [-0.15, -0.1) is 0 Å². The third kappa shape index (κ3) is 1.97. The summed E-state index contributed by atoms with van der Waals surface area (Å²) in [5.41, 5.74) is 4.52. The van der Waals surface area contributed by atoms with Crippen molar-refractivity contribution >= 4 is 30.4 Å². The zero-order valence-corrected chi connectivity index (χ0v) is 5.72. The molecule has 2 N–H and O–H groups in total. The van der Waals surface area contributed by atoms with Crippen LogP contribution in [0.25, 0.3) is 0 Å². The van der Waals surface area contributed by atoms with Gasteiger partial charge in [0.25, 0.3) is 0 Å². The topological polar surface area (TPSA) is 115 Å². The van der Waals surface area contributed by atoms with Gasteiger partial charge in [0.05, 0.1) is 0 Å². The van der Waals surface area contributed by atoms with E-state index in [9.17, 15) is 24.0 Å². The number of urea groups is 1. The number of hydrogen-bond acceptors (Lipinski definition) is 5. The largest absolute Gasteiger partial charge is 0.351 e. The van der Waals surface area contributed by atoms with Crippen molar-refractivity contribution in [2.45, 2.75) is 0 Å². The highest BCUT2D eigenvalue weighted by atomic mass is 16.2. The van der Waals surface area contributed by atoms with E-state index >= 15 is 0 Å². The van der Waals surface area contributed by atoms with Crippen LogP contribution < -0.4 is 5.73 Å². The second kappa shape index (κ2) is 3.96. The van der Waals surface area contributed by atoms with Crippen LogP contribution in [-0.2, 0) is 19.2 Å². The van der Waals surface area contributed by atoms with E-state index in [0.717, 1.165) is 0 Å². The van der Waals surface area contributed by atoms with Crippen molar-refractivity contribution < 1.29 is 24.0 Å². The molecule has 12 heavy (non-hydrogen) atoms. The van der Waals surface area contributed by atoms with Crippen molar-refractivity contribution in [1.82, 2.24) is 4.90 Å². The average Bonchev–Trinajstić information content (AvgIpc) is 2.03. The van der Waals surface area contributed by atoms with Crippen molar-refractivity contribution in [2.75, 3.05) is 0 Å². The normalized spacial score (nSPS) is 8.33. The number of aldehydes is 2. The van der Waals surface area contributed by atoms with Crippen molar-refractivity contribution in [3.05, 3.63) is 0 Å². The minimum Gasteiger partial charge on any atom is -0.351 e. The molecule has 0 saturated carbocycles. The summed E-state index contributed by atoms with van der Waals surface area (Å²) in [6.07, 6.45) is -0.599.